The Balaban J connectivity index is 1.49. The number of anilines is 2. The number of hydrogen-bond donors (Lipinski definition) is 1. The number of carbonyl (C=O) groups excluding carboxylic acids is 3. The van der Waals surface area contributed by atoms with Crippen molar-refractivity contribution in [3.63, 3.8) is 0 Å². The summed E-state index contributed by atoms with van der Waals surface area (Å²) in [5.41, 5.74) is 0.568. The molecule has 6 rings (SSSR count). The molecule has 7 atom stereocenters. The van der Waals surface area contributed by atoms with Gasteiger partial charge in [0, 0.05) is 34.3 Å². The second-order valence-corrected chi connectivity index (χ2v) is 13.4. The van der Waals surface area contributed by atoms with Crippen LogP contribution in [0.5, 0.6) is 0 Å². The van der Waals surface area contributed by atoms with E-state index in [1.165, 1.54) is 4.90 Å². The molecule has 3 aliphatic rings. The summed E-state index contributed by atoms with van der Waals surface area (Å²) >= 11 is 9.94. The number of para-hydroxylation sites is 1. The van der Waals surface area contributed by atoms with Crippen LogP contribution in [-0.4, -0.2) is 70.0 Å². The quantitative estimate of drug-likeness (QED) is 0.209. The Hall–Kier alpha value is -3.76. The van der Waals surface area contributed by atoms with Gasteiger partial charge in [-0.2, -0.15) is 0 Å². The van der Waals surface area contributed by atoms with Gasteiger partial charge in [0.15, 0.2) is 0 Å². The number of alkyl halides is 1. The summed E-state index contributed by atoms with van der Waals surface area (Å²) in [5, 5.41) is 11.3. The van der Waals surface area contributed by atoms with E-state index in [4.69, 9.17) is 16.3 Å². The van der Waals surface area contributed by atoms with Gasteiger partial charge in [0.05, 0.1) is 30.6 Å². The highest BCUT2D eigenvalue weighted by Crippen LogP contribution is 2.61. The highest BCUT2D eigenvalue weighted by molar-refractivity contribution is 9.09. The summed E-state index contributed by atoms with van der Waals surface area (Å²) in [5.74, 6) is -2.92. The van der Waals surface area contributed by atoms with Gasteiger partial charge < -0.3 is 24.5 Å². The molecule has 3 fully saturated rings. The van der Waals surface area contributed by atoms with E-state index in [0.29, 0.717) is 28.4 Å². The number of benzene rings is 3. The zero-order valence-electron chi connectivity index (χ0n) is 25.1. The first-order valence-electron chi connectivity index (χ1n) is 15.2. The molecule has 46 heavy (non-hydrogen) atoms. The maximum atomic E-state index is 15.0. The topological polar surface area (TPSA) is 90.4 Å². The van der Waals surface area contributed by atoms with Gasteiger partial charge in [-0.3, -0.25) is 14.4 Å². The molecule has 0 aromatic heterocycles. The molecule has 238 valence electrons. The lowest BCUT2D eigenvalue weighted by Gasteiger charge is -2.39. The van der Waals surface area contributed by atoms with Gasteiger partial charge in [0.1, 0.15) is 11.6 Å². The van der Waals surface area contributed by atoms with Crippen LogP contribution in [0.3, 0.4) is 0 Å². The average Bonchev–Trinajstić information content (AvgIpc) is 3.67. The molecule has 3 aromatic carbocycles. The summed E-state index contributed by atoms with van der Waals surface area (Å²) < 4.78 is 6.78. The van der Waals surface area contributed by atoms with Crippen LogP contribution in [0.2, 0.25) is 5.02 Å². The van der Waals surface area contributed by atoms with E-state index in [1.54, 1.807) is 46.2 Å². The van der Waals surface area contributed by atoms with Crippen molar-refractivity contribution < 1.29 is 24.2 Å². The number of amides is 3. The fourth-order valence-corrected chi connectivity index (χ4v) is 8.52. The van der Waals surface area contributed by atoms with Crippen LogP contribution in [0.15, 0.2) is 110 Å². The first-order valence-corrected chi connectivity index (χ1v) is 16.5. The van der Waals surface area contributed by atoms with Gasteiger partial charge in [-0.05, 0) is 48.4 Å². The van der Waals surface area contributed by atoms with Crippen LogP contribution in [0, 0.1) is 11.8 Å². The van der Waals surface area contributed by atoms with E-state index in [-0.39, 0.29) is 23.8 Å². The minimum Gasteiger partial charge on any atom is -0.394 e. The number of rotatable bonds is 11. The number of halogens is 2. The number of aliphatic hydroxyl groups excluding tert-OH is 1. The molecule has 2 bridgehead atoms. The van der Waals surface area contributed by atoms with Gasteiger partial charge >= 0.3 is 0 Å². The number of hydrogen-bond acceptors (Lipinski definition) is 5. The molecule has 10 heteroatoms. The van der Waals surface area contributed by atoms with Crippen molar-refractivity contribution in [2.45, 2.75) is 35.0 Å². The van der Waals surface area contributed by atoms with E-state index >= 15 is 0 Å². The molecule has 3 aliphatic heterocycles. The smallest absolute Gasteiger partial charge is 0.253 e. The van der Waals surface area contributed by atoms with Crippen molar-refractivity contribution in [2.24, 2.45) is 11.8 Å². The standard InChI is InChI=1S/C36H35BrClN3O5/c1-3-19-39(25-13-9-6-10-14-25)33(43)29-30-34(44)41(28(22-42)23-11-7-5-8-12-23)32(36(30)21-27(37)31(29)46-36)35(45)40(20-4-2)26-17-15-24(38)16-18-26/h3-18,27-32,42H,1-2,19-22H2/t27?,28-,29-,30+,31-,32?,36?/m1/s1. The third kappa shape index (κ3) is 5.29. The first kappa shape index (κ1) is 32.2. The number of ether oxygens (including phenoxy) is 1. The molecule has 3 amide bonds. The highest BCUT2D eigenvalue weighted by Gasteiger charge is 2.77. The molecule has 3 saturated heterocycles. The monoisotopic (exact) mass is 703 g/mol. The molecule has 0 radical (unpaired) electrons. The summed E-state index contributed by atoms with van der Waals surface area (Å²) in [6, 6.07) is 23.2. The highest BCUT2D eigenvalue weighted by atomic mass is 79.9. The Morgan fingerprint density at radius 1 is 0.957 bits per heavy atom. The average molecular weight is 705 g/mol. The molecule has 1 N–H and O–H groups in total. The Kier molecular flexibility index (Phi) is 9.21. The van der Waals surface area contributed by atoms with E-state index in [9.17, 15) is 19.5 Å². The van der Waals surface area contributed by atoms with Crippen LogP contribution in [0.1, 0.15) is 18.0 Å². The lowest BCUT2D eigenvalue weighted by atomic mass is 9.70. The molecular weight excluding hydrogens is 670 g/mol. The largest absolute Gasteiger partial charge is 0.394 e. The second-order valence-electron chi connectivity index (χ2n) is 11.8. The lowest BCUT2D eigenvalue weighted by molar-refractivity contribution is -0.144. The Bertz CT molecular complexity index is 1620. The van der Waals surface area contributed by atoms with Gasteiger partial charge in [-0.25, -0.2) is 0 Å². The van der Waals surface area contributed by atoms with Gasteiger partial charge in [0.25, 0.3) is 5.91 Å². The molecule has 0 aliphatic carbocycles. The Morgan fingerprint density at radius 2 is 1.52 bits per heavy atom. The van der Waals surface area contributed by atoms with Crippen molar-refractivity contribution in [3.05, 3.63) is 121 Å². The zero-order valence-corrected chi connectivity index (χ0v) is 27.5. The van der Waals surface area contributed by atoms with Gasteiger partial charge in [-0.15, -0.1) is 13.2 Å². The zero-order chi connectivity index (χ0) is 32.6. The van der Waals surface area contributed by atoms with Crippen LogP contribution in [-0.2, 0) is 19.1 Å². The summed E-state index contributed by atoms with van der Waals surface area (Å²) in [6.07, 6.45) is 2.94. The van der Waals surface area contributed by atoms with Crippen LogP contribution < -0.4 is 9.80 Å². The minimum absolute atomic E-state index is 0.152. The van der Waals surface area contributed by atoms with Crippen molar-refractivity contribution in [3.8, 4) is 0 Å². The molecular formula is C36H35BrClN3O5. The first-order chi connectivity index (χ1) is 22.3. The van der Waals surface area contributed by atoms with Gasteiger partial charge in [-0.1, -0.05) is 88.2 Å². The molecule has 1 spiro atoms. The van der Waals surface area contributed by atoms with Crippen molar-refractivity contribution in [2.75, 3.05) is 29.5 Å². The van der Waals surface area contributed by atoms with Crippen molar-refractivity contribution in [1.82, 2.24) is 4.90 Å². The van der Waals surface area contributed by atoms with E-state index in [0.717, 1.165) is 0 Å². The Morgan fingerprint density at radius 3 is 2.11 bits per heavy atom. The van der Waals surface area contributed by atoms with Crippen LogP contribution in [0.25, 0.3) is 0 Å². The van der Waals surface area contributed by atoms with E-state index in [1.807, 2.05) is 60.7 Å². The molecule has 3 unspecified atom stereocenters. The molecule has 3 heterocycles. The molecule has 8 nitrogen and oxygen atoms in total. The van der Waals surface area contributed by atoms with Crippen molar-refractivity contribution >= 4 is 56.6 Å². The molecule has 3 aromatic rings. The summed E-state index contributed by atoms with van der Waals surface area (Å²) in [4.78, 5) is 48.7. The Labute approximate surface area is 282 Å². The number of aliphatic hydroxyl groups is 1. The maximum Gasteiger partial charge on any atom is 0.253 e. The normalized spacial score (nSPS) is 26.8. The number of carbonyl (C=O) groups is 3. The predicted molar refractivity (Wildman–Crippen MR) is 182 cm³/mol. The van der Waals surface area contributed by atoms with Crippen LogP contribution >= 0.6 is 27.5 Å². The van der Waals surface area contributed by atoms with Crippen molar-refractivity contribution in [1.29, 1.82) is 0 Å². The van der Waals surface area contributed by atoms with Gasteiger partial charge in [0.2, 0.25) is 11.8 Å². The molecule has 0 saturated carbocycles. The lowest BCUT2D eigenvalue weighted by Crippen LogP contribution is -2.58. The second kappa shape index (κ2) is 13.2. The van der Waals surface area contributed by atoms with E-state index in [2.05, 4.69) is 29.1 Å². The third-order valence-corrected chi connectivity index (χ3v) is 10.4. The SMILES string of the molecule is C=CCN(C(=O)C1N([C@H](CO)c2ccccc2)C(=O)[C@@H]2[C@@H](C(=O)N(CC=C)c3ccccc3)[C@@H]3OC12CC3Br)c1ccc(Cl)cc1. The predicted octanol–water partition coefficient (Wildman–Crippen LogP) is 5.56. The number of nitrogens with zero attached hydrogens (tertiary/aromatic N) is 3. The summed E-state index contributed by atoms with van der Waals surface area (Å²) in [6.45, 7) is 7.68. The fraction of sp³-hybridized carbons (Fsp3) is 0.306. The summed E-state index contributed by atoms with van der Waals surface area (Å²) in [7, 11) is 0. The maximum absolute atomic E-state index is 15.0. The number of fused-ring (bicyclic) bond motifs is 1. The third-order valence-electron chi connectivity index (χ3n) is 9.30. The minimum atomic E-state index is -1.34. The number of likely N-dealkylation sites (tertiary alicyclic amines) is 1. The van der Waals surface area contributed by atoms with E-state index < -0.39 is 54.0 Å². The fourth-order valence-electron chi connectivity index (χ4n) is 7.45. The van der Waals surface area contributed by atoms with Crippen LogP contribution in [0.4, 0.5) is 11.4 Å².